The highest BCUT2D eigenvalue weighted by Gasteiger charge is 2.37. The minimum Gasteiger partial charge on any atom is -0.444 e. The minimum absolute atomic E-state index is 0.0381. The number of ketones is 1. The first-order chi connectivity index (χ1) is 38.2. The van der Waals surface area contributed by atoms with Gasteiger partial charge in [-0.2, -0.15) is 5.26 Å². The summed E-state index contributed by atoms with van der Waals surface area (Å²) < 4.78 is 19.7. The molecule has 0 bridgehead atoms. The molecule has 0 radical (unpaired) electrons. The van der Waals surface area contributed by atoms with Crippen molar-refractivity contribution in [3.63, 3.8) is 0 Å². The van der Waals surface area contributed by atoms with Gasteiger partial charge in [-0.1, -0.05) is 0 Å². The largest absolute Gasteiger partial charge is 0.444 e. The van der Waals surface area contributed by atoms with Crippen LogP contribution >= 0.6 is 56.7 Å². The van der Waals surface area contributed by atoms with E-state index in [2.05, 4.69) is 26.0 Å². The number of likely N-dealkylation sites (tertiary alicyclic amines) is 1. The van der Waals surface area contributed by atoms with Crippen LogP contribution < -0.4 is 11.5 Å². The summed E-state index contributed by atoms with van der Waals surface area (Å²) in [6.07, 6.45) is 12.4. The van der Waals surface area contributed by atoms with Gasteiger partial charge in [-0.15, -0.1) is 56.7 Å². The summed E-state index contributed by atoms with van der Waals surface area (Å²) in [5, 5.41) is 12.7. The maximum absolute atomic E-state index is 12.6. The lowest BCUT2D eigenvalue weighted by molar-refractivity contribution is -0.122. The van der Waals surface area contributed by atoms with Crippen molar-refractivity contribution in [2.75, 3.05) is 24.6 Å². The van der Waals surface area contributed by atoms with Crippen molar-refractivity contribution < 1.29 is 33.4 Å². The quantitative estimate of drug-likeness (QED) is 0.156. The number of hydrogen-bond donors (Lipinski definition) is 2. The lowest BCUT2D eigenvalue weighted by Gasteiger charge is -2.35. The van der Waals surface area contributed by atoms with Crippen LogP contribution in [0.5, 0.6) is 0 Å². The molecule has 81 heavy (non-hydrogen) atoms. The van der Waals surface area contributed by atoms with Crippen molar-refractivity contribution in [2.45, 2.75) is 157 Å². The fourth-order valence-electron chi connectivity index (χ4n) is 9.20. The second kappa shape index (κ2) is 24.7. The average Bonchev–Trinajstić information content (AvgIpc) is 4.37. The molecule has 11 heterocycles. The van der Waals surface area contributed by atoms with E-state index >= 15 is 0 Å². The summed E-state index contributed by atoms with van der Waals surface area (Å²) >= 11 is 7.90. The number of ether oxygens (including phenoxy) is 3. The number of nitrogen functional groups attached to an aromatic ring is 2. The number of fused-ring (bicyclic) bond motifs is 5. The van der Waals surface area contributed by atoms with Crippen LogP contribution in [-0.2, 0) is 44.8 Å². The molecule has 3 aliphatic rings. The summed E-state index contributed by atoms with van der Waals surface area (Å²) in [7, 11) is 0. The average molecular weight is 1190 g/mol. The van der Waals surface area contributed by atoms with Gasteiger partial charge >= 0.3 is 18.3 Å². The van der Waals surface area contributed by atoms with Gasteiger partial charge in [0.1, 0.15) is 48.6 Å². The number of rotatable bonds is 3. The van der Waals surface area contributed by atoms with E-state index in [0.717, 1.165) is 89.4 Å². The zero-order valence-corrected chi connectivity index (χ0v) is 51.7. The van der Waals surface area contributed by atoms with Crippen LogP contribution in [0.15, 0.2) is 55.4 Å². The number of carbonyl (C=O) groups excluding carboxylic acids is 4. The molecule has 19 nitrogen and oxygen atoms in total. The van der Waals surface area contributed by atoms with E-state index in [4.69, 9.17) is 40.9 Å². The standard InChI is InChI=1S/2C19H22N4O2S2.C11H19NO3.C8H5N3S/c1-10-15-11(6-8-23(10)18(24)25-19(2,3)4)14(16(20)27-15)17-22-12-9-21-7-5-13(12)26-17;1-10-7-11-14(9-23(10)18(24)25-19(2,3)4)26-16(20)15(11)17-22-12-8-21-6-5-13(12)27-17;1-8-7-9(13)5-6-12(8)10(14)15-11(2,3)4;9-3-1-8-11-6-5-10-4-2-7(6)12-8/h5,7,9-10H,6,8,20H2,1-4H3;5-6,8,10H,7,9,20H2,1-4H3;8H,5-7H2,1-4H3;2,4-5H,1H2/t2*10-;8-;/m111./s1. The molecule has 0 unspecified atom stereocenters. The number of aromatic nitrogens is 6. The molecule has 428 valence electrons. The molecule has 11 rings (SSSR count). The molecule has 0 saturated carbocycles. The number of amides is 3. The van der Waals surface area contributed by atoms with Gasteiger partial charge < -0.3 is 40.4 Å². The Morgan fingerprint density at radius 1 is 0.617 bits per heavy atom. The molecule has 24 heteroatoms. The van der Waals surface area contributed by atoms with E-state index in [1.54, 1.807) is 109 Å². The Morgan fingerprint density at radius 3 is 1.57 bits per heavy atom. The van der Waals surface area contributed by atoms with Gasteiger partial charge in [0.05, 0.1) is 73.3 Å². The Balaban J connectivity index is 0.000000149. The third-order valence-electron chi connectivity index (χ3n) is 12.8. The van der Waals surface area contributed by atoms with E-state index in [0.29, 0.717) is 38.9 Å². The zero-order chi connectivity index (χ0) is 58.7. The van der Waals surface area contributed by atoms with E-state index in [1.807, 2.05) is 101 Å². The third-order valence-corrected chi connectivity index (χ3v) is 18.2. The molecular formula is C57H68N12O7S5. The second-order valence-electron chi connectivity index (χ2n) is 22.7. The molecule has 1 saturated heterocycles. The van der Waals surface area contributed by atoms with Crippen molar-refractivity contribution in [3.8, 4) is 27.2 Å². The number of pyridine rings is 3. The van der Waals surface area contributed by atoms with Crippen molar-refractivity contribution in [3.05, 3.63) is 81.3 Å². The van der Waals surface area contributed by atoms with Crippen LogP contribution in [-0.4, -0.2) is 111 Å². The van der Waals surface area contributed by atoms with Crippen molar-refractivity contribution >= 4 is 121 Å². The van der Waals surface area contributed by atoms with Crippen molar-refractivity contribution in [1.82, 2.24) is 44.6 Å². The van der Waals surface area contributed by atoms with E-state index in [-0.39, 0.29) is 42.2 Å². The zero-order valence-electron chi connectivity index (χ0n) is 47.6. The third kappa shape index (κ3) is 14.8. The number of carbonyl (C=O) groups is 4. The number of Topliss-reactive ketones (excluding diaryl/α,β-unsaturated/α-hetero) is 1. The van der Waals surface area contributed by atoms with Gasteiger partial charge in [0, 0.05) is 77.5 Å². The minimum atomic E-state index is -0.508. The highest BCUT2D eigenvalue weighted by atomic mass is 32.1. The van der Waals surface area contributed by atoms with Gasteiger partial charge in [-0.3, -0.25) is 19.7 Å². The Labute approximate surface area is 491 Å². The summed E-state index contributed by atoms with van der Waals surface area (Å²) in [4.78, 5) is 81.4. The Morgan fingerprint density at radius 2 is 1.07 bits per heavy atom. The first kappa shape index (κ1) is 60.2. The highest BCUT2D eigenvalue weighted by Crippen LogP contribution is 2.48. The first-order valence-electron chi connectivity index (χ1n) is 26.5. The molecule has 1 fully saturated rings. The van der Waals surface area contributed by atoms with Gasteiger partial charge in [0.15, 0.2) is 0 Å². The summed E-state index contributed by atoms with van der Waals surface area (Å²) in [6.45, 7) is 24.4. The van der Waals surface area contributed by atoms with Crippen LogP contribution in [0.1, 0.15) is 128 Å². The van der Waals surface area contributed by atoms with E-state index in [1.165, 1.54) is 11.1 Å². The highest BCUT2D eigenvalue weighted by molar-refractivity contribution is 7.23. The molecule has 3 aliphatic heterocycles. The monoisotopic (exact) mass is 1190 g/mol. The number of anilines is 2. The van der Waals surface area contributed by atoms with Crippen LogP contribution in [0.3, 0.4) is 0 Å². The first-order valence-corrected chi connectivity index (χ1v) is 30.5. The number of thiazole rings is 3. The predicted octanol–water partition coefficient (Wildman–Crippen LogP) is 13.3. The summed E-state index contributed by atoms with van der Waals surface area (Å²) in [6, 6.07) is 7.85. The maximum atomic E-state index is 12.6. The lowest BCUT2D eigenvalue weighted by Crippen LogP contribution is -2.46. The van der Waals surface area contributed by atoms with Crippen LogP contribution in [0, 0.1) is 11.3 Å². The molecule has 4 N–H and O–H groups in total. The van der Waals surface area contributed by atoms with Crippen molar-refractivity contribution in [1.29, 1.82) is 5.26 Å². The predicted molar refractivity (Wildman–Crippen MR) is 324 cm³/mol. The molecule has 3 atom stereocenters. The number of hydrogen-bond acceptors (Lipinski definition) is 21. The Kier molecular flexibility index (Phi) is 18.3. The molecule has 0 aliphatic carbocycles. The maximum Gasteiger partial charge on any atom is 0.410 e. The summed E-state index contributed by atoms with van der Waals surface area (Å²) in [5.41, 5.74) is 18.4. The van der Waals surface area contributed by atoms with Gasteiger partial charge in [-0.25, -0.2) is 29.3 Å². The van der Waals surface area contributed by atoms with Crippen LogP contribution in [0.2, 0.25) is 0 Å². The van der Waals surface area contributed by atoms with Crippen LogP contribution in [0.4, 0.5) is 24.4 Å². The van der Waals surface area contributed by atoms with Gasteiger partial charge in [-0.05, 0) is 125 Å². The normalized spacial score (nSPS) is 17.1. The number of thiophene rings is 2. The fourth-order valence-corrected chi connectivity index (χ4v) is 14.5. The van der Waals surface area contributed by atoms with Crippen LogP contribution in [0.25, 0.3) is 51.8 Å². The molecule has 0 aromatic carbocycles. The Hall–Kier alpha value is -6.91. The second-order valence-corrected chi connectivity index (χ2v) is 28.1. The van der Waals surface area contributed by atoms with E-state index < -0.39 is 16.8 Å². The molecular weight excluding hydrogens is 1130 g/mol. The Bertz CT molecular complexity index is 3510. The molecule has 3 amide bonds. The molecule has 8 aromatic rings. The number of nitrogens with two attached hydrogens (primary N) is 2. The topological polar surface area (TPSA) is 259 Å². The lowest BCUT2D eigenvalue weighted by atomic mass is 9.98. The number of nitriles is 1. The summed E-state index contributed by atoms with van der Waals surface area (Å²) in [5.74, 6) is 0.224. The smallest absolute Gasteiger partial charge is 0.410 e. The van der Waals surface area contributed by atoms with Gasteiger partial charge in [0.2, 0.25) is 0 Å². The molecule has 8 aromatic heterocycles. The van der Waals surface area contributed by atoms with Gasteiger partial charge in [0.25, 0.3) is 0 Å². The van der Waals surface area contributed by atoms with Crippen molar-refractivity contribution in [2.24, 2.45) is 0 Å². The number of nitrogens with zero attached hydrogens (tertiary/aromatic N) is 10. The SMILES string of the molecule is C[C@@H]1CC(=O)CCN1C(=O)OC(C)(C)C.C[C@@H]1Cc2c(sc(N)c2-c2nc3cnccc3s2)CN1C(=O)OC(C)(C)C.C[C@@H]1c2sc(N)c(-c3nc4cnccc4s3)c2CCN1C(=O)OC(C)(C)C.N#CCc1nc2cnccc2s1. The molecule has 0 spiro atoms. The fraction of sp³-hybridized carbons (Fsp3) is 0.456. The van der Waals surface area contributed by atoms with E-state index in [9.17, 15) is 19.2 Å². The number of piperidine rings is 1.